The Morgan fingerprint density at radius 3 is 2.62 bits per heavy atom. The highest BCUT2D eigenvalue weighted by molar-refractivity contribution is 9.10. The van der Waals surface area contributed by atoms with Gasteiger partial charge >= 0.3 is 11.9 Å². The molecule has 0 amide bonds. The number of nitrogens with zero attached hydrogens (tertiary/aromatic N) is 1. The fourth-order valence-corrected chi connectivity index (χ4v) is 3.98. The van der Waals surface area contributed by atoms with E-state index in [0.717, 1.165) is 10.0 Å². The molecule has 3 aromatic rings. The lowest BCUT2D eigenvalue weighted by Crippen LogP contribution is -2.12. The summed E-state index contributed by atoms with van der Waals surface area (Å²) in [6, 6.07) is 9.14. The predicted octanol–water partition coefficient (Wildman–Crippen LogP) is 5.51. The van der Waals surface area contributed by atoms with E-state index in [9.17, 15) is 9.59 Å². The number of carbonyl (C=O) groups is 2. The molecule has 0 fully saturated rings. The van der Waals surface area contributed by atoms with Crippen molar-refractivity contribution in [2.75, 3.05) is 19.0 Å². The fraction of sp³-hybridized carbons (Fsp3) is 0.261. The van der Waals surface area contributed by atoms with Crippen LogP contribution < -0.4 is 10.1 Å². The second-order valence-corrected chi connectivity index (χ2v) is 8.15. The van der Waals surface area contributed by atoms with E-state index in [4.69, 9.17) is 25.8 Å². The number of anilines is 1. The first kappa shape index (κ1) is 23.8. The number of carbonyl (C=O) groups excluding carboxylic acids is 2. The monoisotopic (exact) mass is 520 g/mol. The molecule has 0 aliphatic heterocycles. The standard InChI is InChI=1S/C23H22BrClN2O5/c1-4-31-23(29)18-11-27-21-15(12-32-13(2)28)8-16(24)9-17(21)22(18)26-10-14-5-6-20(30-3)19(25)7-14/h5-9,11H,4,10,12H2,1-3H3,(H,26,27). The van der Waals surface area contributed by atoms with E-state index in [1.54, 1.807) is 26.2 Å². The fourth-order valence-electron chi connectivity index (χ4n) is 3.19. The first-order chi connectivity index (χ1) is 15.3. The van der Waals surface area contributed by atoms with Crippen LogP contribution in [-0.2, 0) is 27.4 Å². The van der Waals surface area contributed by atoms with Crippen LogP contribution in [0.2, 0.25) is 5.02 Å². The summed E-state index contributed by atoms with van der Waals surface area (Å²) < 4.78 is 16.4. The van der Waals surface area contributed by atoms with E-state index in [-0.39, 0.29) is 13.2 Å². The van der Waals surface area contributed by atoms with Crippen LogP contribution in [0.3, 0.4) is 0 Å². The molecule has 2 aromatic carbocycles. The van der Waals surface area contributed by atoms with Crippen molar-refractivity contribution >= 4 is 56.1 Å². The van der Waals surface area contributed by atoms with Crippen molar-refractivity contribution in [2.45, 2.75) is 27.0 Å². The third-order valence-electron chi connectivity index (χ3n) is 4.63. The number of fused-ring (bicyclic) bond motifs is 1. The summed E-state index contributed by atoms with van der Waals surface area (Å²) in [5.41, 5.74) is 3.07. The van der Waals surface area contributed by atoms with Crippen LogP contribution >= 0.6 is 27.5 Å². The van der Waals surface area contributed by atoms with Gasteiger partial charge in [0.2, 0.25) is 0 Å². The van der Waals surface area contributed by atoms with Crippen molar-refractivity contribution in [1.29, 1.82) is 0 Å². The Kier molecular flexibility index (Phi) is 7.93. The van der Waals surface area contributed by atoms with Crippen molar-refractivity contribution in [1.82, 2.24) is 4.98 Å². The second-order valence-electron chi connectivity index (χ2n) is 6.83. The molecule has 0 radical (unpaired) electrons. The van der Waals surface area contributed by atoms with Crippen molar-refractivity contribution in [3.8, 4) is 5.75 Å². The normalized spacial score (nSPS) is 10.7. The molecule has 32 heavy (non-hydrogen) atoms. The Morgan fingerprint density at radius 2 is 1.97 bits per heavy atom. The molecule has 3 rings (SSSR count). The first-order valence-electron chi connectivity index (χ1n) is 9.82. The van der Waals surface area contributed by atoms with Crippen LogP contribution in [0.4, 0.5) is 5.69 Å². The molecule has 1 aromatic heterocycles. The molecule has 0 spiro atoms. The average Bonchev–Trinajstić information content (AvgIpc) is 2.75. The van der Waals surface area contributed by atoms with E-state index in [2.05, 4.69) is 26.2 Å². The van der Waals surface area contributed by atoms with Gasteiger partial charge < -0.3 is 19.5 Å². The van der Waals surface area contributed by atoms with E-state index in [1.165, 1.54) is 13.1 Å². The summed E-state index contributed by atoms with van der Waals surface area (Å²) in [7, 11) is 1.55. The summed E-state index contributed by atoms with van der Waals surface area (Å²) >= 11 is 9.74. The lowest BCUT2D eigenvalue weighted by atomic mass is 10.0. The number of aromatic nitrogens is 1. The smallest absolute Gasteiger partial charge is 0.341 e. The maximum Gasteiger partial charge on any atom is 0.341 e. The number of halogens is 2. The highest BCUT2D eigenvalue weighted by Crippen LogP contribution is 2.33. The zero-order valence-electron chi connectivity index (χ0n) is 17.8. The molecular weight excluding hydrogens is 500 g/mol. The molecule has 0 bridgehead atoms. The Bertz CT molecular complexity index is 1170. The molecule has 7 nitrogen and oxygen atoms in total. The number of rotatable bonds is 8. The van der Waals surface area contributed by atoms with Crippen molar-refractivity contribution in [3.05, 3.63) is 62.7 Å². The number of ether oxygens (including phenoxy) is 3. The molecule has 0 saturated carbocycles. The van der Waals surface area contributed by atoms with Crippen LogP contribution in [0, 0.1) is 0 Å². The Hall–Kier alpha value is -2.84. The summed E-state index contributed by atoms with van der Waals surface area (Å²) in [6.07, 6.45) is 1.47. The van der Waals surface area contributed by atoms with Crippen molar-refractivity contribution in [2.24, 2.45) is 0 Å². The molecule has 0 unspecified atom stereocenters. The van der Waals surface area contributed by atoms with Crippen LogP contribution in [0.5, 0.6) is 5.75 Å². The highest BCUT2D eigenvalue weighted by atomic mass is 79.9. The van der Waals surface area contributed by atoms with Crippen molar-refractivity contribution < 1.29 is 23.8 Å². The predicted molar refractivity (Wildman–Crippen MR) is 126 cm³/mol. The van der Waals surface area contributed by atoms with E-state index >= 15 is 0 Å². The average molecular weight is 522 g/mol. The number of benzene rings is 2. The molecule has 0 atom stereocenters. The number of pyridine rings is 1. The molecule has 0 saturated heterocycles. The quantitative estimate of drug-likeness (QED) is 0.391. The van der Waals surface area contributed by atoms with Gasteiger partial charge in [-0.1, -0.05) is 33.6 Å². The topological polar surface area (TPSA) is 86.8 Å². The lowest BCUT2D eigenvalue weighted by molar-refractivity contribution is -0.142. The summed E-state index contributed by atoms with van der Waals surface area (Å²) in [4.78, 5) is 28.4. The van der Waals surface area contributed by atoms with Gasteiger partial charge in [0, 0.05) is 35.1 Å². The van der Waals surface area contributed by atoms with Gasteiger partial charge in [-0.2, -0.15) is 0 Å². The zero-order valence-corrected chi connectivity index (χ0v) is 20.2. The van der Waals surface area contributed by atoms with Gasteiger partial charge in [0.1, 0.15) is 17.9 Å². The minimum absolute atomic E-state index is 0.0601. The van der Waals surface area contributed by atoms with Gasteiger partial charge in [-0.05, 0) is 36.8 Å². The van der Waals surface area contributed by atoms with Gasteiger partial charge in [-0.15, -0.1) is 0 Å². The molecule has 168 valence electrons. The number of hydrogen-bond donors (Lipinski definition) is 1. The first-order valence-corrected chi connectivity index (χ1v) is 11.0. The van der Waals surface area contributed by atoms with Gasteiger partial charge in [0.15, 0.2) is 0 Å². The van der Waals surface area contributed by atoms with E-state index in [1.807, 2.05) is 18.2 Å². The van der Waals surface area contributed by atoms with Crippen LogP contribution in [0.1, 0.15) is 35.3 Å². The van der Waals surface area contributed by atoms with Crippen LogP contribution in [-0.4, -0.2) is 30.6 Å². The maximum absolute atomic E-state index is 12.6. The number of hydrogen-bond acceptors (Lipinski definition) is 7. The molecule has 9 heteroatoms. The summed E-state index contributed by atoms with van der Waals surface area (Å²) in [5.74, 6) is -0.300. The number of nitrogens with one attached hydrogen (secondary N) is 1. The van der Waals surface area contributed by atoms with Gasteiger partial charge in [0.25, 0.3) is 0 Å². The van der Waals surface area contributed by atoms with Crippen molar-refractivity contribution in [3.63, 3.8) is 0 Å². The van der Waals surface area contributed by atoms with Crippen LogP contribution in [0.15, 0.2) is 41.0 Å². The minimum atomic E-state index is -0.487. The van der Waals surface area contributed by atoms with E-state index in [0.29, 0.717) is 45.0 Å². The Balaban J connectivity index is 2.07. The molecular formula is C23H22BrClN2O5. The second kappa shape index (κ2) is 10.7. The van der Waals surface area contributed by atoms with Gasteiger partial charge in [0.05, 0.1) is 29.9 Å². The Labute approximate surface area is 199 Å². The lowest BCUT2D eigenvalue weighted by Gasteiger charge is -2.16. The SMILES string of the molecule is CCOC(=O)c1cnc2c(COC(C)=O)cc(Br)cc2c1NCc1ccc(OC)c(Cl)c1. The molecule has 0 aliphatic rings. The van der Waals surface area contributed by atoms with E-state index < -0.39 is 11.9 Å². The van der Waals surface area contributed by atoms with Crippen LogP contribution in [0.25, 0.3) is 10.9 Å². The minimum Gasteiger partial charge on any atom is -0.495 e. The number of methoxy groups -OCH3 is 1. The largest absolute Gasteiger partial charge is 0.495 e. The zero-order chi connectivity index (χ0) is 23.3. The molecule has 1 N–H and O–H groups in total. The maximum atomic E-state index is 12.6. The molecule has 0 aliphatic carbocycles. The Morgan fingerprint density at radius 1 is 1.19 bits per heavy atom. The third kappa shape index (κ3) is 5.49. The van der Waals surface area contributed by atoms with Gasteiger partial charge in [-0.25, -0.2) is 4.79 Å². The highest BCUT2D eigenvalue weighted by Gasteiger charge is 2.19. The number of esters is 2. The molecule has 1 heterocycles. The van der Waals surface area contributed by atoms with Gasteiger partial charge in [-0.3, -0.25) is 9.78 Å². The summed E-state index contributed by atoms with van der Waals surface area (Å²) in [5, 5.41) is 4.50. The third-order valence-corrected chi connectivity index (χ3v) is 5.38. The summed E-state index contributed by atoms with van der Waals surface area (Å²) in [6.45, 7) is 3.78.